The van der Waals surface area contributed by atoms with Crippen molar-refractivity contribution in [1.29, 1.82) is 0 Å². The van der Waals surface area contributed by atoms with Gasteiger partial charge < -0.3 is 0 Å². The molecule has 0 aromatic heterocycles. The van der Waals surface area contributed by atoms with Crippen molar-refractivity contribution in [3.05, 3.63) is 41.5 Å². The Hall–Kier alpha value is -0.890. The van der Waals surface area contributed by atoms with Gasteiger partial charge in [-0.1, -0.05) is 12.2 Å². The first-order valence-electron chi connectivity index (χ1n) is 3.91. The molecular formula is C10H9ClF2. The summed E-state index contributed by atoms with van der Waals surface area (Å²) in [5, 5.41) is 0. The van der Waals surface area contributed by atoms with E-state index < -0.39 is 11.6 Å². The minimum absolute atomic E-state index is 0.508. The normalized spacial score (nSPS) is 11.0. The number of benzene rings is 1. The SMILES string of the molecule is Fc1cc(F)cc(/C=C/CCCl)c1. The van der Waals surface area contributed by atoms with Crippen molar-refractivity contribution in [2.24, 2.45) is 0 Å². The highest BCUT2D eigenvalue weighted by molar-refractivity contribution is 6.17. The van der Waals surface area contributed by atoms with Crippen LogP contribution in [0, 0.1) is 11.6 Å². The van der Waals surface area contributed by atoms with Gasteiger partial charge in [-0.05, 0) is 24.1 Å². The molecule has 0 aliphatic carbocycles. The molecule has 70 valence electrons. The van der Waals surface area contributed by atoms with Crippen LogP contribution in [0.2, 0.25) is 0 Å². The molecule has 0 amide bonds. The molecule has 0 heterocycles. The standard InChI is InChI=1S/C10H9ClF2/c11-4-2-1-3-8-5-9(12)7-10(13)6-8/h1,3,5-7H,2,4H2/b3-1+. The van der Waals surface area contributed by atoms with Gasteiger partial charge in [-0.15, -0.1) is 11.6 Å². The van der Waals surface area contributed by atoms with E-state index in [1.165, 1.54) is 12.1 Å². The van der Waals surface area contributed by atoms with E-state index in [1.807, 2.05) is 0 Å². The van der Waals surface area contributed by atoms with Gasteiger partial charge in [0.25, 0.3) is 0 Å². The third-order valence-electron chi connectivity index (χ3n) is 1.47. The molecule has 0 saturated heterocycles. The van der Waals surface area contributed by atoms with Gasteiger partial charge in [0.05, 0.1) is 0 Å². The Morgan fingerprint density at radius 1 is 1.15 bits per heavy atom. The van der Waals surface area contributed by atoms with Crippen LogP contribution in [0.25, 0.3) is 6.08 Å². The second-order valence-electron chi connectivity index (χ2n) is 2.58. The van der Waals surface area contributed by atoms with Gasteiger partial charge >= 0.3 is 0 Å². The van der Waals surface area contributed by atoms with E-state index >= 15 is 0 Å². The van der Waals surface area contributed by atoms with Crippen molar-refractivity contribution in [3.8, 4) is 0 Å². The lowest BCUT2D eigenvalue weighted by Crippen LogP contribution is -1.81. The maximum atomic E-state index is 12.6. The fourth-order valence-electron chi connectivity index (χ4n) is 0.954. The predicted molar refractivity (Wildman–Crippen MR) is 50.7 cm³/mol. The Morgan fingerprint density at radius 3 is 2.31 bits per heavy atom. The minimum atomic E-state index is -0.564. The van der Waals surface area contributed by atoms with Crippen molar-refractivity contribution >= 4 is 17.7 Å². The molecule has 0 nitrogen and oxygen atoms in total. The molecule has 0 fully saturated rings. The topological polar surface area (TPSA) is 0 Å². The minimum Gasteiger partial charge on any atom is -0.207 e. The monoisotopic (exact) mass is 202 g/mol. The van der Waals surface area contributed by atoms with E-state index in [9.17, 15) is 8.78 Å². The largest absolute Gasteiger partial charge is 0.207 e. The first-order valence-corrected chi connectivity index (χ1v) is 4.44. The Kier molecular flexibility index (Phi) is 3.90. The summed E-state index contributed by atoms with van der Waals surface area (Å²) in [4.78, 5) is 0. The van der Waals surface area contributed by atoms with Gasteiger partial charge in [0.2, 0.25) is 0 Å². The third kappa shape index (κ3) is 3.55. The van der Waals surface area contributed by atoms with E-state index in [4.69, 9.17) is 11.6 Å². The van der Waals surface area contributed by atoms with Gasteiger partial charge in [0, 0.05) is 11.9 Å². The number of rotatable bonds is 3. The zero-order chi connectivity index (χ0) is 9.68. The van der Waals surface area contributed by atoms with Crippen LogP contribution in [0.5, 0.6) is 0 Å². The summed E-state index contributed by atoms with van der Waals surface area (Å²) in [6.07, 6.45) is 4.12. The molecule has 0 bridgehead atoms. The van der Waals surface area contributed by atoms with Crippen molar-refractivity contribution < 1.29 is 8.78 Å². The summed E-state index contributed by atoms with van der Waals surface area (Å²) in [5.74, 6) is -0.620. The lowest BCUT2D eigenvalue weighted by atomic mass is 10.2. The molecule has 1 aromatic rings. The third-order valence-corrected chi connectivity index (χ3v) is 1.69. The van der Waals surface area contributed by atoms with Gasteiger partial charge in [0.15, 0.2) is 0 Å². The van der Waals surface area contributed by atoms with E-state index in [0.29, 0.717) is 17.9 Å². The molecular weight excluding hydrogens is 194 g/mol. The van der Waals surface area contributed by atoms with Crippen LogP contribution in [0.4, 0.5) is 8.78 Å². The molecule has 1 aromatic carbocycles. The average molecular weight is 203 g/mol. The zero-order valence-electron chi connectivity index (χ0n) is 6.93. The maximum absolute atomic E-state index is 12.6. The van der Waals surface area contributed by atoms with E-state index in [1.54, 1.807) is 12.2 Å². The van der Waals surface area contributed by atoms with E-state index in [0.717, 1.165) is 6.07 Å². The smallest absolute Gasteiger partial charge is 0.126 e. The van der Waals surface area contributed by atoms with Crippen molar-refractivity contribution in [1.82, 2.24) is 0 Å². The second kappa shape index (κ2) is 4.97. The summed E-state index contributed by atoms with van der Waals surface area (Å²) < 4.78 is 25.3. The summed E-state index contributed by atoms with van der Waals surface area (Å²) in [5.41, 5.74) is 0.516. The molecule has 1 rings (SSSR count). The van der Waals surface area contributed by atoms with Crippen molar-refractivity contribution in [3.63, 3.8) is 0 Å². The fourth-order valence-corrected chi connectivity index (χ4v) is 1.08. The van der Waals surface area contributed by atoms with Crippen molar-refractivity contribution in [2.45, 2.75) is 6.42 Å². The lowest BCUT2D eigenvalue weighted by molar-refractivity contribution is 0.583. The summed E-state index contributed by atoms with van der Waals surface area (Å²) in [6.45, 7) is 0. The number of halogens is 3. The molecule has 0 aliphatic heterocycles. The Balaban J connectivity index is 2.77. The van der Waals surface area contributed by atoms with Crippen LogP contribution in [0.3, 0.4) is 0 Å². The van der Waals surface area contributed by atoms with Crippen LogP contribution in [-0.4, -0.2) is 5.88 Å². The Bertz CT molecular complexity index is 288. The number of hydrogen-bond donors (Lipinski definition) is 0. The first kappa shape index (κ1) is 10.2. The van der Waals surface area contributed by atoms with Gasteiger partial charge in [-0.3, -0.25) is 0 Å². The van der Waals surface area contributed by atoms with Crippen LogP contribution in [0.15, 0.2) is 24.3 Å². The Labute approximate surface area is 80.8 Å². The summed E-state index contributed by atoms with van der Waals surface area (Å²) in [6, 6.07) is 3.39. The van der Waals surface area contributed by atoms with Crippen LogP contribution in [-0.2, 0) is 0 Å². The maximum Gasteiger partial charge on any atom is 0.126 e. The van der Waals surface area contributed by atoms with Gasteiger partial charge in [0.1, 0.15) is 11.6 Å². The van der Waals surface area contributed by atoms with E-state index in [2.05, 4.69) is 0 Å². The molecule has 3 heteroatoms. The quantitative estimate of drug-likeness (QED) is 0.657. The second-order valence-corrected chi connectivity index (χ2v) is 2.96. The number of allylic oxidation sites excluding steroid dienone is 1. The van der Waals surface area contributed by atoms with Gasteiger partial charge in [-0.25, -0.2) is 8.78 Å². The molecule has 0 unspecified atom stereocenters. The summed E-state index contributed by atoms with van der Waals surface area (Å²) >= 11 is 5.43. The molecule has 0 N–H and O–H groups in total. The summed E-state index contributed by atoms with van der Waals surface area (Å²) in [7, 11) is 0. The lowest BCUT2D eigenvalue weighted by Gasteiger charge is -1.94. The number of hydrogen-bond acceptors (Lipinski definition) is 0. The zero-order valence-corrected chi connectivity index (χ0v) is 7.69. The molecule has 0 saturated carbocycles. The average Bonchev–Trinajstić information content (AvgIpc) is 2.03. The number of alkyl halides is 1. The highest BCUT2D eigenvalue weighted by atomic mass is 35.5. The molecule has 0 aliphatic rings. The van der Waals surface area contributed by atoms with Gasteiger partial charge in [-0.2, -0.15) is 0 Å². The fraction of sp³-hybridized carbons (Fsp3) is 0.200. The first-order chi connectivity index (χ1) is 6.22. The highest BCUT2D eigenvalue weighted by Gasteiger charge is 1.96. The predicted octanol–water partition coefficient (Wildman–Crippen LogP) is 3.61. The van der Waals surface area contributed by atoms with Crippen molar-refractivity contribution in [2.75, 3.05) is 5.88 Å². The highest BCUT2D eigenvalue weighted by Crippen LogP contribution is 2.09. The van der Waals surface area contributed by atoms with Crippen LogP contribution < -0.4 is 0 Å². The molecule has 13 heavy (non-hydrogen) atoms. The van der Waals surface area contributed by atoms with E-state index in [-0.39, 0.29) is 0 Å². The van der Waals surface area contributed by atoms with Crippen LogP contribution in [0.1, 0.15) is 12.0 Å². The Morgan fingerprint density at radius 2 is 1.77 bits per heavy atom. The molecule has 0 spiro atoms. The molecule has 0 radical (unpaired) electrons. The van der Waals surface area contributed by atoms with Crippen LogP contribution >= 0.6 is 11.6 Å². The molecule has 0 atom stereocenters.